The number of benzene rings is 3. The fourth-order valence-corrected chi connectivity index (χ4v) is 6.81. The molecule has 296 valence electrons. The number of rotatable bonds is 16. The molecule has 3 N–H and O–H groups in total. The van der Waals surface area contributed by atoms with E-state index >= 15 is 0 Å². The van der Waals surface area contributed by atoms with E-state index in [1.165, 1.54) is 25.7 Å². The van der Waals surface area contributed by atoms with Crippen LogP contribution in [0.3, 0.4) is 0 Å². The molecule has 0 aliphatic heterocycles. The molecule has 0 bridgehead atoms. The van der Waals surface area contributed by atoms with Crippen LogP contribution < -0.4 is 24.8 Å². The number of nitrogens with one attached hydrogen (secondary N) is 3. The van der Waals surface area contributed by atoms with Crippen molar-refractivity contribution in [3.63, 3.8) is 0 Å². The summed E-state index contributed by atoms with van der Waals surface area (Å²) in [6.07, 6.45) is 6.66. The van der Waals surface area contributed by atoms with Crippen molar-refractivity contribution < 1.29 is 41.0 Å². The Morgan fingerprint density at radius 2 is 1.54 bits per heavy atom. The van der Waals surface area contributed by atoms with Crippen molar-refractivity contribution in [2.45, 2.75) is 76.7 Å². The number of halogens is 2. The molecule has 2 aromatic heterocycles. The van der Waals surface area contributed by atoms with Gasteiger partial charge < -0.3 is 19.5 Å². The molecular weight excluding hydrogens is 747 g/mol. The van der Waals surface area contributed by atoms with E-state index in [1.807, 2.05) is 13.0 Å². The first-order chi connectivity index (χ1) is 26.6. The number of sulfonamides is 1. The van der Waals surface area contributed by atoms with Crippen LogP contribution in [0.1, 0.15) is 65.0 Å². The van der Waals surface area contributed by atoms with E-state index in [0.717, 1.165) is 37.8 Å². The zero-order valence-corrected chi connectivity index (χ0v) is 32.6. The van der Waals surface area contributed by atoms with Crippen LogP contribution in [0, 0.1) is 18.6 Å². The molecule has 3 aromatic carbocycles. The predicted molar refractivity (Wildman–Crippen MR) is 209 cm³/mol. The Bertz CT molecular complexity index is 2320. The first-order valence-corrected chi connectivity index (χ1v) is 19.4. The van der Waals surface area contributed by atoms with E-state index in [9.17, 15) is 26.8 Å². The molecular formula is C40H44F2N6O7S. The van der Waals surface area contributed by atoms with Crippen molar-refractivity contribution in [3.05, 3.63) is 90.5 Å². The van der Waals surface area contributed by atoms with E-state index in [-0.39, 0.29) is 17.5 Å². The number of carbonyl (C=O) groups is 2. The summed E-state index contributed by atoms with van der Waals surface area (Å²) in [5.74, 6) is -1.88. The van der Waals surface area contributed by atoms with Gasteiger partial charge in [-0.15, -0.1) is 0 Å². The summed E-state index contributed by atoms with van der Waals surface area (Å²) in [7, 11) is -3.17. The van der Waals surface area contributed by atoms with Gasteiger partial charge in [-0.2, -0.15) is 0 Å². The highest BCUT2D eigenvalue weighted by Gasteiger charge is 2.23. The Balaban J connectivity index is 1.17. The molecule has 13 nitrogen and oxygen atoms in total. The van der Waals surface area contributed by atoms with Gasteiger partial charge in [-0.3, -0.25) is 14.8 Å². The largest absolute Gasteiger partial charge is 0.491 e. The van der Waals surface area contributed by atoms with Crippen molar-refractivity contribution in [2.75, 3.05) is 29.1 Å². The third kappa shape index (κ3) is 11.1. The van der Waals surface area contributed by atoms with Crippen LogP contribution in [0.15, 0.2) is 78.1 Å². The van der Waals surface area contributed by atoms with Crippen LogP contribution in [0.4, 0.5) is 30.6 Å². The minimum Gasteiger partial charge on any atom is -0.491 e. The molecule has 0 unspecified atom stereocenters. The number of aromatic nitrogens is 3. The maximum absolute atomic E-state index is 14.4. The van der Waals surface area contributed by atoms with Crippen molar-refractivity contribution >= 4 is 50.0 Å². The Hall–Kier alpha value is -5.90. The molecule has 0 fully saturated rings. The summed E-state index contributed by atoms with van der Waals surface area (Å²) in [6.45, 7) is 7.54. The van der Waals surface area contributed by atoms with Gasteiger partial charge in [0, 0.05) is 35.3 Å². The Morgan fingerprint density at radius 1 is 0.821 bits per heavy atom. The van der Waals surface area contributed by atoms with Gasteiger partial charge in [-0.1, -0.05) is 31.4 Å². The van der Waals surface area contributed by atoms with Crippen molar-refractivity contribution in [2.24, 2.45) is 0 Å². The number of aryl methyl sites for hydroxylation is 1. The summed E-state index contributed by atoms with van der Waals surface area (Å²) >= 11 is 0. The van der Waals surface area contributed by atoms with Gasteiger partial charge in [-0.25, -0.2) is 36.9 Å². The highest BCUT2D eigenvalue weighted by Crippen LogP contribution is 2.36. The maximum atomic E-state index is 14.4. The number of hydrogen-bond donors (Lipinski definition) is 3. The van der Waals surface area contributed by atoms with Gasteiger partial charge >= 0.3 is 6.09 Å². The molecule has 0 saturated heterocycles. The Kier molecular flexibility index (Phi) is 13.4. The van der Waals surface area contributed by atoms with Crippen molar-refractivity contribution in [1.82, 2.24) is 15.0 Å². The second-order valence-electron chi connectivity index (χ2n) is 13.9. The van der Waals surface area contributed by atoms with Crippen LogP contribution in [-0.4, -0.2) is 54.7 Å². The Morgan fingerprint density at radius 3 is 2.25 bits per heavy atom. The first-order valence-electron chi connectivity index (χ1n) is 17.9. The third-order valence-electron chi connectivity index (χ3n) is 8.35. The monoisotopic (exact) mass is 790 g/mol. The van der Waals surface area contributed by atoms with Gasteiger partial charge in [0.25, 0.3) is 10.0 Å². The Labute approximate surface area is 324 Å². The molecule has 0 aliphatic carbocycles. The van der Waals surface area contributed by atoms with Gasteiger partial charge in [-0.05, 0) is 88.6 Å². The summed E-state index contributed by atoms with van der Waals surface area (Å²) in [6, 6.07) is 14.2. The number of ether oxygens (including phenoxy) is 3. The summed E-state index contributed by atoms with van der Waals surface area (Å²) < 4.78 is 73.2. The third-order valence-corrected chi connectivity index (χ3v) is 9.75. The first kappa shape index (κ1) is 41.3. The number of unbranched alkanes of at least 4 members (excludes halogenated alkanes) is 4. The number of anilines is 3. The maximum Gasteiger partial charge on any atom is 0.412 e. The van der Waals surface area contributed by atoms with Crippen LogP contribution in [0.2, 0.25) is 0 Å². The molecule has 5 rings (SSSR count). The van der Waals surface area contributed by atoms with Gasteiger partial charge in [0.15, 0.2) is 0 Å². The smallest absolute Gasteiger partial charge is 0.412 e. The lowest BCUT2D eigenvalue weighted by atomic mass is 10.0. The van der Waals surface area contributed by atoms with Crippen LogP contribution in [0.5, 0.6) is 11.6 Å². The standard InChI is InChI=1S/C40H44F2N6O7S/c1-25-29-19-26(27-20-33(38(53-5)43-23-27)48-56(51,52)35-17-16-28(41)22-30(35)42)21-34(37(29)45-24-44-25)54-18-12-8-6-7-9-15-36(49)46-31-13-10-11-14-32(31)47-39(50)55-40(2,3)4/h10-11,13-14,16-17,19-24,48H,6-9,12,15,18H2,1-5H3,(H,46,49)(H,47,50). The van der Waals surface area contributed by atoms with E-state index in [4.69, 9.17) is 14.2 Å². The second-order valence-corrected chi connectivity index (χ2v) is 15.5. The molecule has 0 atom stereocenters. The average Bonchev–Trinajstić information content (AvgIpc) is 3.12. The van der Waals surface area contributed by atoms with Gasteiger partial charge in [0.2, 0.25) is 11.8 Å². The number of para-hydroxylation sites is 2. The van der Waals surface area contributed by atoms with Gasteiger partial charge in [0.05, 0.1) is 25.1 Å². The van der Waals surface area contributed by atoms with E-state index in [2.05, 4.69) is 30.3 Å². The quantitative estimate of drug-likeness (QED) is 0.0821. The minimum atomic E-state index is -4.49. The summed E-state index contributed by atoms with van der Waals surface area (Å²) in [5, 5.41) is 6.26. The highest BCUT2D eigenvalue weighted by atomic mass is 32.2. The SMILES string of the molecule is COc1ncc(-c2cc(OCCCCCCCC(=O)Nc3ccccc3NC(=O)OC(C)(C)C)c3ncnc(C)c3c2)cc1NS(=O)(=O)c1ccc(F)cc1F. The molecule has 0 aliphatic rings. The number of carbonyl (C=O) groups excluding carboxylic acids is 2. The highest BCUT2D eigenvalue weighted by molar-refractivity contribution is 7.92. The fourth-order valence-electron chi connectivity index (χ4n) is 5.70. The molecule has 0 radical (unpaired) electrons. The molecule has 2 heterocycles. The molecule has 0 saturated carbocycles. The predicted octanol–water partition coefficient (Wildman–Crippen LogP) is 8.79. The van der Waals surface area contributed by atoms with Crippen LogP contribution in [0.25, 0.3) is 22.0 Å². The lowest BCUT2D eigenvalue weighted by Gasteiger charge is -2.20. The fraction of sp³-hybridized carbons (Fsp3) is 0.325. The van der Waals surface area contributed by atoms with Crippen molar-refractivity contribution in [3.8, 4) is 22.8 Å². The molecule has 2 amide bonds. The molecule has 16 heteroatoms. The molecule has 5 aromatic rings. The van der Waals surface area contributed by atoms with E-state index in [1.54, 1.807) is 51.1 Å². The van der Waals surface area contributed by atoms with E-state index < -0.39 is 38.2 Å². The number of amides is 2. The number of nitrogens with zero attached hydrogens (tertiary/aromatic N) is 3. The zero-order chi connectivity index (χ0) is 40.5. The number of methoxy groups -OCH3 is 1. The van der Waals surface area contributed by atoms with Crippen LogP contribution >= 0.6 is 0 Å². The number of hydrogen-bond acceptors (Lipinski definition) is 10. The number of fused-ring (bicyclic) bond motifs is 1. The number of pyridine rings is 1. The molecule has 0 spiro atoms. The second kappa shape index (κ2) is 18.2. The van der Waals surface area contributed by atoms with Crippen LogP contribution in [-0.2, 0) is 19.6 Å². The minimum absolute atomic E-state index is 0.0600. The van der Waals surface area contributed by atoms with E-state index in [0.29, 0.717) is 70.4 Å². The topological polar surface area (TPSA) is 171 Å². The zero-order valence-electron chi connectivity index (χ0n) is 31.7. The van der Waals surface area contributed by atoms with Crippen molar-refractivity contribution in [1.29, 1.82) is 0 Å². The molecule has 56 heavy (non-hydrogen) atoms. The normalized spacial score (nSPS) is 11.6. The van der Waals surface area contributed by atoms with Gasteiger partial charge in [0.1, 0.15) is 45.4 Å². The average molecular weight is 791 g/mol. The summed E-state index contributed by atoms with van der Waals surface area (Å²) in [4.78, 5) is 37.2. The summed E-state index contributed by atoms with van der Waals surface area (Å²) in [5.41, 5.74) is 2.63. The lowest BCUT2D eigenvalue weighted by molar-refractivity contribution is -0.116. The lowest BCUT2D eigenvalue weighted by Crippen LogP contribution is -2.27.